The van der Waals surface area contributed by atoms with Crippen molar-refractivity contribution in [3.8, 4) is 0 Å². The van der Waals surface area contributed by atoms with Gasteiger partial charge in [-0.1, -0.05) is 25.2 Å². The van der Waals surface area contributed by atoms with Gasteiger partial charge in [-0.3, -0.25) is 4.79 Å². The molecule has 5 nitrogen and oxygen atoms in total. The quantitative estimate of drug-likeness (QED) is 0.631. The largest absolute Gasteiger partial charge is 0.455 e. The number of ether oxygens (including phenoxy) is 2. The molecule has 5 atom stereocenters. The van der Waals surface area contributed by atoms with Crippen LogP contribution in [0.15, 0.2) is 23.8 Å². The van der Waals surface area contributed by atoms with Crippen molar-refractivity contribution >= 4 is 11.9 Å². The lowest BCUT2D eigenvalue weighted by atomic mass is 9.58. The molecule has 2 rings (SSSR count). The Morgan fingerprint density at radius 1 is 1.42 bits per heavy atom. The van der Waals surface area contributed by atoms with Crippen LogP contribution in [0.4, 0.5) is 0 Å². The van der Waals surface area contributed by atoms with Gasteiger partial charge in [-0.2, -0.15) is 0 Å². The first-order valence-electron chi connectivity index (χ1n) is 8.31. The van der Waals surface area contributed by atoms with E-state index in [1.54, 1.807) is 0 Å². The van der Waals surface area contributed by atoms with Crippen LogP contribution in [0.5, 0.6) is 0 Å². The number of esters is 2. The summed E-state index contributed by atoms with van der Waals surface area (Å²) >= 11 is 0. The molecule has 5 heteroatoms. The molecule has 132 valence electrons. The minimum Gasteiger partial charge on any atom is -0.455 e. The molecule has 1 fully saturated rings. The molecule has 0 unspecified atom stereocenters. The number of hydrogen-bond donors (Lipinski definition) is 1. The van der Waals surface area contributed by atoms with Crippen LogP contribution < -0.4 is 0 Å². The summed E-state index contributed by atoms with van der Waals surface area (Å²) in [7, 11) is 0. The van der Waals surface area contributed by atoms with Crippen molar-refractivity contribution in [2.45, 2.75) is 52.2 Å². The predicted molar refractivity (Wildman–Crippen MR) is 88.7 cm³/mol. The van der Waals surface area contributed by atoms with Crippen LogP contribution in [0.25, 0.3) is 0 Å². The summed E-state index contributed by atoms with van der Waals surface area (Å²) in [5.74, 6) is -1.11. The van der Waals surface area contributed by atoms with Crippen molar-refractivity contribution in [1.82, 2.24) is 0 Å². The monoisotopic (exact) mass is 334 g/mol. The van der Waals surface area contributed by atoms with Gasteiger partial charge in [0, 0.05) is 12.8 Å². The third-order valence-electron chi connectivity index (χ3n) is 5.10. The van der Waals surface area contributed by atoms with Crippen LogP contribution in [-0.4, -0.2) is 35.4 Å². The summed E-state index contributed by atoms with van der Waals surface area (Å²) in [6.45, 7) is 10.7. The number of fused-ring (bicyclic) bond motifs is 1. The average Bonchev–Trinajstić information content (AvgIpc) is 2.48. The molecule has 0 amide bonds. The van der Waals surface area contributed by atoms with Crippen molar-refractivity contribution < 1.29 is 24.2 Å². The van der Waals surface area contributed by atoms with Gasteiger partial charge in [0.05, 0.1) is 12.0 Å². The first-order chi connectivity index (χ1) is 11.1. The zero-order valence-corrected chi connectivity index (χ0v) is 14.8. The fourth-order valence-corrected chi connectivity index (χ4v) is 3.64. The van der Waals surface area contributed by atoms with Gasteiger partial charge >= 0.3 is 11.9 Å². The number of rotatable bonds is 4. The Bertz CT molecular complexity index is 564. The van der Waals surface area contributed by atoms with Crippen molar-refractivity contribution in [1.29, 1.82) is 0 Å². The molecule has 1 N–H and O–H groups in total. The third kappa shape index (κ3) is 3.72. The SMILES string of the molecule is C=C(C)[C@@H]1CC[C@@H](C)[C@]2(O)[C][C@@H](OC(=O)COC(C)=O)C(C)=C[C@@H]12. The second kappa shape index (κ2) is 7.09. The molecular weight excluding hydrogens is 308 g/mol. The molecule has 2 aliphatic carbocycles. The summed E-state index contributed by atoms with van der Waals surface area (Å²) < 4.78 is 9.98. The summed E-state index contributed by atoms with van der Waals surface area (Å²) in [5, 5.41) is 11.2. The van der Waals surface area contributed by atoms with Crippen molar-refractivity contribution in [3.05, 3.63) is 30.2 Å². The second-order valence-electron chi connectivity index (χ2n) is 6.99. The van der Waals surface area contributed by atoms with Gasteiger partial charge in [0.2, 0.25) is 0 Å². The maximum atomic E-state index is 11.8. The van der Waals surface area contributed by atoms with E-state index in [4.69, 9.17) is 4.74 Å². The Morgan fingerprint density at radius 3 is 2.67 bits per heavy atom. The van der Waals surface area contributed by atoms with Gasteiger partial charge in [0.15, 0.2) is 6.61 Å². The van der Waals surface area contributed by atoms with E-state index in [0.717, 1.165) is 24.0 Å². The van der Waals surface area contributed by atoms with E-state index in [0.29, 0.717) is 0 Å². The molecule has 0 aromatic rings. The highest BCUT2D eigenvalue weighted by Gasteiger charge is 2.52. The highest BCUT2D eigenvalue weighted by atomic mass is 16.6. The van der Waals surface area contributed by atoms with Gasteiger partial charge in [0.25, 0.3) is 0 Å². The Kier molecular flexibility index (Phi) is 5.53. The van der Waals surface area contributed by atoms with Crippen molar-refractivity contribution in [3.63, 3.8) is 0 Å². The molecule has 0 aliphatic heterocycles. The van der Waals surface area contributed by atoms with Gasteiger partial charge in [-0.05, 0) is 44.1 Å². The van der Waals surface area contributed by atoms with Crippen LogP contribution in [0.3, 0.4) is 0 Å². The number of carbonyl (C=O) groups excluding carboxylic acids is 2. The number of aliphatic hydroxyl groups is 1. The van der Waals surface area contributed by atoms with Crippen LogP contribution in [0, 0.1) is 24.2 Å². The van der Waals surface area contributed by atoms with E-state index in [2.05, 4.69) is 17.7 Å². The van der Waals surface area contributed by atoms with Crippen LogP contribution in [0.1, 0.15) is 40.5 Å². The van der Waals surface area contributed by atoms with E-state index >= 15 is 0 Å². The standard InChI is InChI=1S/C19H26O5/c1-11(2)15-7-6-13(4)19(22)9-17(12(3)8-16(15)19)24-18(21)10-23-14(5)20/h8,13,15-17,22H,1,6-7,10H2,2-5H3/t13-,15+,16+,17-,19-/m1/s1. The lowest BCUT2D eigenvalue weighted by Gasteiger charge is -2.51. The normalized spacial score (nSPS) is 35.5. The number of allylic oxidation sites excluding steroid dienone is 1. The van der Waals surface area contributed by atoms with Gasteiger partial charge in [-0.25, -0.2) is 4.79 Å². The summed E-state index contributed by atoms with van der Waals surface area (Å²) in [5.41, 5.74) is 0.705. The predicted octanol–water partition coefficient (Wildman–Crippen LogP) is 2.47. The van der Waals surface area contributed by atoms with Crippen molar-refractivity contribution in [2.75, 3.05) is 6.61 Å². The highest BCUT2D eigenvalue weighted by molar-refractivity contribution is 5.75. The zero-order chi connectivity index (χ0) is 18.1. The van der Waals surface area contributed by atoms with E-state index in [1.807, 2.05) is 26.8 Å². The van der Waals surface area contributed by atoms with Gasteiger partial charge in [-0.15, -0.1) is 0 Å². The molecule has 24 heavy (non-hydrogen) atoms. The lowest BCUT2D eigenvalue weighted by molar-refractivity contribution is -0.161. The topological polar surface area (TPSA) is 72.8 Å². The van der Waals surface area contributed by atoms with E-state index in [1.165, 1.54) is 6.92 Å². The Morgan fingerprint density at radius 2 is 2.08 bits per heavy atom. The van der Waals surface area contributed by atoms with Gasteiger partial charge < -0.3 is 14.6 Å². The fourth-order valence-electron chi connectivity index (χ4n) is 3.64. The smallest absolute Gasteiger partial charge is 0.344 e. The maximum Gasteiger partial charge on any atom is 0.344 e. The fraction of sp³-hybridized carbons (Fsp3) is 0.632. The van der Waals surface area contributed by atoms with Crippen molar-refractivity contribution in [2.24, 2.45) is 17.8 Å². The van der Waals surface area contributed by atoms with Crippen LogP contribution >= 0.6 is 0 Å². The Balaban J connectivity index is 2.17. The summed E-state index contributed by atoms with van der Waals surface area (Å²) in [6, 6.07) is 0. The average molecular weight is 334 g/mol. The molecule has 0 bridgehead atoms. The van der Waals surface area contributed by atoms with E-state index in [9.17, 15) is 14.7 Å². The first-order valence-corrected chi connectivity index (χ1v) is 8.31. The molecular formula is C19H26O5. The molecule has 0 spiro atoms. The molecule has 1 saturated carbocycles. The first kappa shape index (κ1) is 18.7. The lowest BCUT2D eigenvalue weighted by Crippen LogP contribution is -2.55. The number of hydrogen-bond acceptors (Lipinski definition) is 5. The second-order valence-corrected chi connectivity index (χ2v) is 6.99. The Hall–Kier alpha value is -1.62. The number of carbonyl (C=O) groups is 2. The van der Waals surface area contributed by atoms with E-state index in [-0.39, 0.29) is 17.8 Å². The molecule has 2 aliphatic rings. The van der Waals surface area contributed by atoms with Crippen LogP contribution in [-0.2, 0) is 19.1 Å². The minimum atomic E-state index is -1.16. The summed E-state index contributed by atoms with van der Waals surface area (Å²) in [6.07, 6.45) is 6.18. The zero-order valence-electron chi connectivity index (χ0n) is 14.8. The minimum absolute atomic E-state index is 0.0112. The van der Waals surface area contributed by atoms with E-state index < -0.39 is 30.3 Å². The van der Waals surface area contributed by atoms with Crippen LogP contribution in [0.2, 0.25) is 0 Å². The van der Waals surface area contributed by atoms with Gasteiger partial charge in [0.1, 0.15) is 6.10 Å². The molecule has 0 saturated heterocycles. The molecule has 0 aromatic carbocycles. The third-order valence-corrected chi connectivity index (χ3v) is 5.10. The summed E-state index contributed by atoms with van der Waals surface area (Å²) in [4.78, 5) is 22.6. The Labute approximate surface area is 143 Å². The molecule has 0 heterocycles. The maximum absolute atomic E-state index is 11.8. The molecule has 0 aromatic heterocycles. The highest BCUT2D eigenvalue weighted by Crippen LogP contribution is 2.50. The molecule has 2 radical (unpaired) electrons.